The number of hydrogen-bond donors (Lipinski definition) is 1. The minimum Gasteiger partial charge on any atom is -0.465 e. The highest BCUT2D eigenvalue weighted by Gasteiger charge is 1.98. The van der Waals surface area contributed by atoms with Gasteiger partial charge in [0.15, 0.2) is 0 Å². The topological polar surface area (TPSA) is 25.2 Å². The molecule has 92 valence electrons. The Hall–Kier alpha value is -0.410. The van der Waals surface area contributed by atoms with Crippen molar-refractivity contribution in [1.82, 2.24) is 5.32 Å². The summed E-state index contributed by atoms with van der Waals surface area (Å²) in [6.45, 7) is 8.44. The SMILES string of the molecule is Cc1ccc(CNCCCSCC(C)C)o1. The van der Waals surface area contributed by atoms with Crippen molar-refractivity contribution >= 4 is 11.8 Å². The van der Waals surface area contributed by atoms with Crippen LogP contribution in [0.4, 0.5) is 0 Å². The van der Waals surface area contributed by atoms with Crippen molar-refractivity contribution < 1.29 is 4.42 Å². The van der Waals surface area contributed by atoms with Crippen molar-refractivity contribution in [2.75, 3.05) is 18.1 Å². The third kappa shape index (κ3) is 6.23. The van der Waals surface area contributed by atoms with Crippen LogP contribution in [0.25, 0.3) is 0 Å². The summed E-state index contributed by atoms with van der Waals surface area (Å²) < 4.78 is 5.47. The summed E-state index contributed by atoms with van der Waals surface area (Å²) in [5.74, 6) is 5.36. The van der Waals surface area contributed by atoms with Gasteiger partial charge in [0, 0.05) is 0 Å². The molecule has 0 radical (unpaired) electrons. The third-order valence-electron chi connectivity index (χ3n) is 2.19. The summed E-state index contributed by atoms with van der Waals surface area (Å²) in [6, 6.07) is 4.05. The van der Waals surface area contributed by atoms with Crippen LogP contribution in [-0.2, 0) is 6.54 Å². The first kappa shape index (κ1) is 13.7. The second-order valence-electron chi connectivity index (χ2n) is 4.51. The Labute approximate surface area is 103 Å². The Balaban J connectivity index is 1.92. The van der Waals surface area contributed by atoms with E-state index in [4.69, 9.17) is 4.42 Å². The van der Waals surface area contributed by atoms with Crippen molar-refractivity contribution in [2.45, 2.75) is 33.7 Å². The molecule has 0 amide bonds. The van der Waals surface area contributed by atoms with Gasteiger partial charge in [-0.25, -0.2) is 0 Å². The van der Waals surface area contributed by atoms with E-state index in [9.17, 15) is 0 Å². The number of aryl methyl sites for hydroxylation is 1. The first-order chi connectivity index (χ1) is 7.68. The van der Waals surface area contributed by atoms with Crippen LogP contribution in [0.2, 0.25) is 0 Å². The Morgan fingerprint density at radius 3 is 2.81 bits per heavy atom. The molecule has 0 saturated carbocycles. The zero-order valence-corrected chi connectivity index (χ0v) is 11.4. The Morgan fingerprint density at radius 2 is 2.19 bits per heavy atom. The fourth-order valence-corrected chi connectivity index (χ4v) is 2.40. The van der Waals surface area contributed by atoms with Gasteiger partial charge in [0.25, 0.3) is 0 Å². The zero-order chi connectivity index (χ0) is 11.8. The van der Waals surface area contributed by atoms with Gasteiger partial charge in [0.2, 0.25) is 0 Å². The minimum absolute atomic E-state index is 0.809. The molecule has 0 spiro atoms. The molecule has 1 rings (SSSR count). The van der Waals surface area contributed by atoms with E-state index in [1.54, 1.807) is 0 Å². The molecule has 0 atom stereocenters. The average Bonchev–Trinajstić information content (AvgIpc) is 2.62. The smallest absolute Gasteiger partial charge is 0.117 e. The molecular weight excluding hydrogens is 218 g/mol. The molecular formula is C13H23NOS. The summed E-state index contributed by atoms with van der Waals surface area (Å²) in [5.41, 5.74) is 0. The second kappa shape index (κ2) is 7.80. The quantitative estimate of drug-likeness (QED) is 0.706. The van der Waals surface area contributed by atoms with E-state index in [1.165, 1.54) is 17.9 Å². The molecule has 0 aliphatic heterocycles. The number of furan rings is 1. The lowest BCUT2D eigenvalue weighted by atomic mass is 10.3. The molecule has 0 fully saturated rings. The summed E-state index contributed by atoms with van der Waals surface area (Å²) in [6.07, 6.45) is 1.23. The van der Waals surface area contributed by atoms with E-state index in [1.807, 2.05) is 30.8 Å². The standard InChI is InChI=1S/C13H23NOS/c1-11(2)10-16-8-4-7-14-9-13-6-5-12(3)15-13/h5-6,11,14H,4,7-10H2,1-3H3. The van der Waals surface area contributed by atoms with Crippen molar-refractivity contribution in [3.63, 3.8) is 0 Å². The van der Waals surface area contributed by atoms with Gasteiger partial charge in [-0.2, -0.15) is 11.8 Å². The van der Waals surface area contributed by atoms with Gasteiger partial charge < -0.3 is 9.73 Å². The minimum atomic E-state index is 0.809. The molecule has 1 N–H and O–H groups in total. The van der Waals surface area contributed by atoms with Gasteiger partial charge in [-0.05, 0) is 49.4 Å². The molecule has 0 saturated heterocycles. The summed E-state index contributed by atoms with van der Waals surface area (Å²) in [4.78, 5) is 0. The van der Waals surface area contributed by atoms with Crippen molar-refractivity contribution in [3.8, 4) is 0 Å². The monoisotopic (exact) mass is 241 g/mol. The van der Waals surface area contributed by atoms with Gasteiger partial charge in [-0.1, -0.05) is 13.8 Å². The maximum absolute atomic E-state index is 5.47. The summed E-state index contributed by atoms with van der Waals surface area (Å²) in [7, 11) is 0. The normalized spacial score (nSPS) is 11.2. The summed E-state index contributed by atoms with van der Waals surface area (Å²) >= 11 is 2.05. The van der Waals surface area contributed by atoms with Crippen molar-refractivity contribution in [2.24, 2.45) is 5.92 Å². The number of thioether (sulfide) groups is 1. The molecule has 2 nitrogen and oxygen atoms in total. The fraction of sp³-hybridized carbons (Fsp3) is 0.692. The summed E-state index contributed by atoms with van der Waals surface area (Å²) in [5, 5.41) is 3.40. The number of rotatable bonds is 8. The fourth-order valence-electron chi connectivity index (χ4n) is 1.41. The van der Waals surface area contributed by atoms with Gasteiger partial charge in [0.05, 0.1) is 6.54 Å². The Bertz CT molecular complexity index is 283. The van der Waals surface area contributed by atoms with E-state index < -0.39 is 0 Å². The lowest BCUT2D eigenvalue weighted by Gasteiger charge is -2.05. The van der Waals surface area contributed by atoms with Gasteiger partial charge >= 0.3 is 0 Å². The first-order valence-electron chi connectivity index (χ1n) is 6.02. The average molecular weight is 241 g/mol. The van der Waals surface area contributed by atoms with Crippen LogP contribution < -0.4 is 5.32 Å². The molecule has 0 unspecified atom stereocenters. The Kier molecular flexibility index (Phi) is 6.65. The van der Waals surface area contributed by atoms with Crippen molar-refractivity contribution in [3.05, 3.63) is 23.7 Å². The van der Waals surface area contributed by atoms with Gasteiger partial charge in [-0.3, -0.25) is 0 Å². The molecule has 16 heavy (non-hydrogen) atoms. The molecule has 0 aromatic carbocycles. The highest BCUT2D eigenvalue weighted by atomic mass is 32.2. The highest BCUT2D eigenvalue weighted by Crippen LogP contribution is 2.08. The number of nitrogens with one attached hydrogen (secondary N) is 1. The highest BCUT2D eigenvalue weighted by molar-refractivity contribution is 7.99. The van der Waals surface area contributed by atoms with Crippen LogP contribution in [0, 0.1) is 12.8 Å². The van der Waals surface area contributed by atoms with Gasteiger partial charge in [0.1, 0.15) is 11.5 Å². The molecule has 1 aromatic heterocycles. The maximum Gasteiger partial charge on any atom is 0.117 e. The molecule has 1 aromatic rings. The number of hydrogen-bond acceptors (Lipinski definition) is 3. The van der Waals surface area contributed by atoms with E-state index in [0.717, 1.165) is 30.5 Å². The van der Waals surface area contributed by atoms with Gasteiger partial charge in [-0.15, -0.1) is 0 Å². The van der Waals surface area contributed by atoms with Crippen LogP contribution in [0.5, 0.6) is 0 Å². The van der Waals surface area contributed by atoms with Crippen LogP contribution >= 0.6 is 11.8 Å². The second-order valence-corrected chi connectivity index (χ2v) is 5.66. The largest absolute Gasteiger partial charge is 0.465 e. The molecule has 0 bridgehead atoms. The molecule has 1 heterocycles. The molecule has 0 aliphatic carbocycles. The predicted molar refractivity (Wildman–Crippen MR) is 71.9 cm³/mol. The van der Waals surface area contributed by atoms with E-state index in [-0.39, 0.29) is 0 Å². The zero-order valence-electron chi connectivity index (χ0n) is 10.6. The Morgan fingerprint density at radius 1 is 1.38 bits per heavy atom. The third-order valence-corrected chi connectivity index (χ3v) is 3.67. The van der Waals surface area contributed by atoms with E-state index in [0.29, 0.717) is 0 Å². The lowest BCUT2D eigenvalue weighted by molar-refractivity contribution is 0.462. The van der Waals surface area contributed by atoms with E-state index >= 15 is 0 Å². The van der Waals surface area contributed by atoms with Crippen molar-refractivity contribution in [1.29, 1.82) is 0 Å². The van der Waals surface area contributed by atoms with Crippen LogP contribution in [0.3, 0.4) is 0 Å². The molecule has 3 heteroatoms. The molecule has 0 aliphatic rings. The van der Waals surface area contributed by atoms with Crippen LogP contribution in [0.1, 0.15) is 31.8 Å². The maximum atomic E-state index is 5.47. The van der Waals surface area contributed by atoms with Crippen LogP contribution in [0.15, 0.2) is 16.5 Å². The first-order valence-corrected chi connectivity index (χ1v) is 7.17. The van der Waals surface area contributed by atoms with E-state index in [2.05, 4.69) is 19.2 Å². The lowest BCUT2D eigenvalue weighted by Crippen LogP contribution is -2.14. The predicted octanol–water partition coefficient (Wildman–Crippen LogP) is 3.46. The van der Waals surface area contributed by atoms with Crippen LogP contribution in [-0.4, -0.2) is 18.1 Å².